The van der Waals surface area contributed by atoms with Crippen LogP contribution < -0.4 is 9.47 Å². The van der Waals surface area contributed by atoms with Gasteiger partial charge in [-0.2, -0.15) is 0 Å². The monoisotopic (exact) mass is 523 g/mol. The predicted molar refractivity (Wildman–Crippen MR) is 124 cm³/mol. The zero-order valence-corrected chi connectivity index (χ0v) is 19.5. The fourth-order valence-corrected chi connectivity index (χ4v) is 3.93. The van der Waals surface area contributed by atoms with Gasteiger partial charge in [0.05, 0.1) is 24.7 Å². The maximum absolute atomic E-state index is 12.8. The van der Waals surface area contributed by atoms with Gasteiger partial charge >= 0.3 is 0 Å². The van der Waals surface area contributed by atoms with Crippen molar-refractivity contribution in [2.75, 3.05) is 7.11 Å². The second-order valence-electron chi connectivity index (χ2n) is 6.64. The second-order valence-corrected chi connectivity index (χ2v) is 8.88. The summed E-state index contributed by atoms with van der Waals surface area (Å²) in [6.07, 6.45) is 2.68. The van der Waals surface area contributed by atoms with Crippen molar-refractivity contribution >= 4 is 51.6 Å². The molecule has 1 atom stereocenters. The summed E-state index contributed by atoms with van der Waals surface area (Å²) in [7, 11) is 1.58. The predicted octanol–water partition coefficient (Wildman–Crippen LogP) is 5.71. The Kier molecular flexibility index (Phi) is 7.23. The van der Waals surface area contributed by atoms with Crippen LogP contribution in [0.1, 0.15) is 31.4 Å². The molecule has 2 aromatic carbocycles. The number of methoxy groups -OCH3 is 1. The van der Waals surface area contributed by atoms with E-state index >= 15 is 0 Å². The van der Waals surface area contributed by atoms with E-state index in [4.69, 9.17) is 9.47 Å². The van der Waals surface area contributed by atoms with Gasteiger partial charge in [-0.1, -0.05) is 25.1 Å². The van der Waals surface area contributed by atoms with Crippen molar-refractivity contribution in [1.29, 1.82) is 0 Å². The van der Waals surface area contributed by atoms with Crippen LogP contribution in [0.4, 0.5) is 4.79 Å². The topological polar surface area (TPSA) is 55.8 Å². The third kappa shape index (κ3) is 5.33. The summed E-state index contributed by atoms with van der Waals surface area (Å²) in [4.78, 5) is 26.8. The second kappa shape index (κ2) is 9.67. The molecule has 1 fully saturated rings. The van der Waals surface area contributed by atoms with Crippen molar-refractivity contribution in [3.05, 3.63) is 62.1 Å². The van der Waals surface area contributed by atoms with E-state index in [1.807, 2.05) is 49.4 Å². The van der Waals surface area contributed by atoms with Crippen LogP contribution in [-0.4, -0.2) is 29.3 Å². The van der Waals surface area contributed by atoms with Gasteiger partial charge in [0.1, 0.15) is 0 Å². The molecule has 29 heavy (non-hydrogen) atoms. The smallest absolute Gasteiger partial charge is 0.293 e. The Balaban J connectivity index is 1.79. The Morgan fingerprint density at radius 2 is 1.86 bits per heavy atom. The quantitative estimate of drug-likeness (QED) is 0.344. The van der Waals surface area contributed by atoms with Crippen molar-refractivity contribution in [1.82, 2.24) is 4.90 Å². The Morgan fingerprint density at radius 1 is 1.14 bits per heavy atom. The first kappa shape index (κ1) is 21.7. The maximum atomic E-state index is 12.8. The summed E-state index contributed by atoms with van der Waals surface area (Å²) in [6.45, 7) is 4.32. The van der Waals surface area contributed by atoms with Gasteiger partial charge in [0, 0.05) is 3.57 Å². The molecule has 5 nitrogen and oxygen atoms in total. The summed E-state index contributed by atoms with van der Waals surface area (Å²) in [5.74, 6) is 0.973. The molecule has 1 aliphatic rings. The van der Waals surface area contributed by atoms with E-state index in [0.29, 0.717) is 16.4 Å². The molecule has 7 heteroatoms. The number of thioether (sulfide) groups is 1. The first-order valence-electron chi connectivity index (χ1n) is 9.25. The van der Waals surface area contributed by atoms with Crippen LogP contribution >= 0.6 is 34.4 Å². The number of nitrogens with zero attached hydrogens (tertiary/aromatic N) is 1. The lowest BCUT2D eigenvalue weighted by atomic mass is 10.1. The number of amides is 2. The normalized spacial score (nSPS) is 16.4. The molecule has 3 rings (SSSR count). The molecular weight excluding hydrogens is 501 g/mol. The highest BCUT2D eigenvalue weighted by atomic mass is 127. The average molecular weight is 523 g/mol. The molecule has 1 heterocycles. The number of ether oxygens (including phenoxy) is 2. The van der Waals surface area contributed by atoms with Crippen LogP contribution in [-0.2, 0) is 11.3 Å². The van der Waals surface area contributed by atoms with Gasteiger partial charge in [0.2, 0.25) is 0 Å². The third-order valence-electron chi connectivity index (χ3n) is 4.52. The minimum absolute atomic E-state index is 0.0764. The van der Waals surface area contributed by atoms with Crippen molar-refractivity contribution in [3.8, 4) is 11.5 Å². The number of benzene rings is 2. The average Bonchev–Trinajstić information content (AvgIpc) is 2.97. The third-order valence-corrected chi connectivity index (χ3v) is 6.14. The minimum Gasteiger partial charge on any atom is -0.493 e. The molecule has 152 valence electrons. The Labute approximate surface area is 188 Å². The number of rotatable bonds is 7. The summed E-state index contributed by atoms with van der Waals surface area (Å²) in [5, 5.41) is -0.261. The number of carbonyl (C=O) groups excluding carboxylic acids is 2. The molecule has 0 aliphatic carbocycles. The van der Waals surface area contributed by atoms with Gasteiger partial charge in [0.25, 0.3) is 11.1 Å². The first-order chi connectivity index (χ1) is 13.9. The molecule has 1 saturated heterocycles. The van der Waals surface area contributed by atoms with Gasteiger partial charge in [-0.05, 0) is 89.2 Å². The van der Waals surface area contributed by atoms with E-state index in [0.717, 1.165) is 32.9 Å². The van der Waals surface area contributed by atoms with Crippen LogP contribution in [0.15, 0.2) is 47.4 Å². The summed E-state index contributed by atoms with van der Waals surface area (Å²) < 4.78 is 12.4. The van der Waals surface area contributed by atoms with Gasteiger partial charge in [-0.25, -0.2) is 0 Å². The number of imide groups is 1. The number of halogens is 1. The molecule has 0 spiro atoms. The van der Waals surface area contributed by atoms with E-state index < -0.39 is 0 Å². The first-order valence-corrected chi connectivity index (χ1v) is 11.1. The lowest BCUT2D eigenvalue weighted by Gasteiger charge is -2.15. The van der Waals surface area contributed by atoms with Crippen molar-refractivity contribution in [3.63, 3.8) is 0 Å². The van der Waals surface area contributed by atoms with Crippen LogP contribution in [0, 0.1) is 3.57 Å². The molecule has 0 bridgehead atoms. The summed E-state index contributed by atoms with van der Waals surface area (Å²) in [6, 6.07) is 13.3. The zero-order chi connectivity index (χ0) is 21.0. The number of carbonyl (C=O) groups is 2. The number of hydrogen-bond donors (Lipinski definition) is 0. The molecule has 0 radical (unpaired) electrons. The van der Waals surface area contributed by atoms with E-state index in [2.05, 4.69) is 29.5 Å². The van der Waals surface area contributed by atoms with E-state index in [1.165, 1.54) is 4.90 Å². The number of hydrogen-bond acceptors (Lipinski definition) is 5. The highest BCUT2D eigenvalue weighted by molar-refractivity contribution is 14.1. The Hall–Kier alpha value is -2.00. The molecule has 0 unspecified atom stereocenters. The SMILES string of the molecule is CC[C@@H](C)Oc1ccc(/C=C2\SC(=O)N(Cc3ccc(I)cc3)C2=O)cc1OC. The lowest BCUT2D eigenvalue weighted by molar-refractivity contribution is -0.123. The van der Waals surface area contributed by atoms with E-state index in [-0.39, 0.29) is 23.8 Å². The van der Waals surface area contributed by atoms with Gasteiger partial charge in [-0.3, -0.25) is 14.5 Å². The van der Waals surface area contributed by atoms with Gasteiger partial charge in [0.15, 0.2) is 11.5 Å². The van der Waals surface area contributed by atoms with E-state index in [9.17, 15) is 9.59 Å². The van der Waals surface area contributed by atoms with E-state index in [1.54, 1.807) is 13.2 Å². The molecule has 0 aromatic heterocycles. The molecular formula is C22H22INO4S. The van der Waals surface area contributed by atoms with Crippen LogP contribution in [0.2, 0.25) is 0 Å². The van der Waals surface area contributed by atoms with Crippen molar-refractivity contribution in [2.45, 2.75) is 32.9 Å². The van der Waals surface area contributed by atoms with Crippen molar-refractivity contribution in [2.24, 2.45) is 0 Å². The Bertz CT molecular complexity index is 942. The highest BCUT2D eigenvalue weighted by Crippen LogP contribution is 2.35. The summed E-state index contributed by atoms with van der Waals surface area (Å²) in [5.41, 5.74) is 1.69. The molecule has 1 aliphatic heterocycles. The van der Waals surface area contributed by atoms with Crippen LogP contribution in [0.3, 0.4) is 0 Å². The fourth-order valence-electron chi connectivity index (χ4n) is 2.73. The lowest BCUT2D eigenvalue weighted by Crippen LogP contribution is -2.27. The fraction of sp³-hybridized carbons (Fsp3) is 0.273. The zero-order valence-electron chi connectivity index (χ0n) is 16.5. The molecule has 0 N–H and O–H groups in total. The largest absolute Gasteiger partial charge is 0.493 e. The Morgan fingerprint density at radius 3 is 2.52 bits per heavy atom. The highest BCUT2D eigenvalue weighted by Gasteiger charge is 2.35. The molecule has 0 saturated carbocycles. The van der Waals surface area contributed by atoms with Crippen LogP contribution in [0.25, 0.3) is 6.08 Å². The van der Waals surface area contributed by atoms with Crippen LogP contribution in [0.5, 0.6) is 11.5 Å². The maximum Gasteiger partial charge on any atom is 0.293 e. The standard InChI is InChI=1S/C22H22INO4S/c1-4-14(2)28-18-10-7-16(11-19(18)27-3)12-20-21(25)24(22(26)29-20)13-15-5-8-17(23)9-6-15/h5-12,14H,4,13H2,1-3H3/b20-12-/t14-/m1/s1. The summed E-state index contributed by atoms with van der Waals surface area (Å²) >= 11 is 3.18. The molecule has 2 aromatic rings. The van der Waals surface area contributed by atoms with Gasteiger partial charge in [-0.15, -0.1) is 0 Å². The minimum atomic E-state index is -0.280. The van der Waals surface area contributed by atoms with Crippen molar-refractivity contribution < 1.29 is 19.1 Å². The molecule has 2 amide bonds. The van der Waals surface area contributed by atoms with Gasteiger partial charge < -0.3 is 9.47 Å².